The van der Waals surface area contributed by atoms with Gasteiger partial charge in [-0.25, -0.2) is 0 Å². The molecule has 5 heteroatoms. The molecular formula is C17H25N3O2. The van der Waals surface area contributed by atoms with Crippen LogP contribution in [0.15, 0.2) is 24.3 Å². The largest absolute Gasteiger partial charge is 0.355 e. The molecule has 0 aliphatic carbocycles. The van der Waals surface area contributed by atoms with Gasteiger partial charge in [-0.3, -0.25) is 14.5 Å². The van der Waals surface area contributed by atoms with Gasteiger partial charge in [-0.15, -0.1) is 0 Å². The second-order valence-electron chi connectivity index (χ2n) is 6.34. The molecule has 2 unspecified atom stereocenters. The third-order valence-corrected chi connectivity index (χ3v) is 3.97. The number of nitrogens with zero attached hydrogens (tertiary/aromatic N) is 1. The predicted octanol–water partition coefficient (Wildman–Crippen LogP) is 1.96. The van der Waals surface area contributed by atoms with Gasteiger partial charge in [0.25, 0.3) is 5.91 Å². The van der Waals surface area contributed by atoms with Gasteiger partial charge >= 0.3 is 0 Å². The van der Waals surface area contributed by atoms with Gasteiger partial charge < -0.3 is 10.6 Å². The van der Waals surface area contributed by atoms with E-state index in [1.165, 1.54) is 6.42 Å². The fourth-order valence-corrected chi connectivity index (χ4v) is 3.17. The van der Waals surface area contributed by atoms with Crippen molar-refractivity contribution in [3.8, 4) is 0 Å². The number of carbonyl (C=O) groups is 2. The van der Waals surface area contributed by atoms with Crippen LogP contribution < -0.4 is 10.6 Å². The van der Waals surface area contributed by atoms with Crippen LogP contribution in [0.4, 0.5) is 5.69 Å². The number of likely N-dealkylation sites (tertiary alicyclic amines) is 1. The number of carbonyl (C=O) groups excluding carboxylic acids is 2. The highest BCUT2D eigenvalue weighted by molar-refractivity contribution is 5.96. The van der Waals surface area contributed by atoms with Crippen LogP contribution >= 0.6 is 0 Å². The van der Waals surface area contributed by atoms with Crippen molar-refractivity contribution in [1.29, 1.82) is 0 Å². The van der Waals surface area contributed by atoms with Crippen molar-refractivity contribution in [2.75, 3.05) is 32.0 Å². The van der Waals surface area contributed by atoms with Gasteiger partial charge in [0.05, 0.1) is 6.54 Å². The fourth-order valence-electron chi connectivity index (χ4n) is 3.17. The Morgan fingerprint density at radius 1 is 1.14 bits per heavy atom. The molecule has 1 aromatic carbocycles. The first-order chi connectivity index (χ1) is 10.5. The Bertz CT molecular complexity index is 517. The van der Waals surface area contributed by atoms with Gasteiger partial charge in [-0.1, -0.05) is 13.8 Å². The topological polar surface area (TPSA) is 61.4 Å². The molecule has 1 heterocycles. The molecule has 0 saturated carbocycles. The summed E-state index contributed by atoms with van der Waals surface area (Å²) in [5.41, 5.74) is 1.30. The van der Waals surface area contributed by atoms with Gasteiger partial charge in [-0.2, -0.15) is 0 Å². The minimum absolute atomic E-state index is 0.00556. The lowest BCUT2D eigenvalue weighted by molar-refractivity contribution is -0.117. The molecule has 1 fully saturated rings. The highest BCUT2D eigenvalue weighted by Crippen LogP contribution is 2.20. The van der Waals surface area contributed by atoms with E-state index in [1.807, 2.05) is 0 Å². The van der Waals surface area contributed by atoms with E-state index in [9.17, 15) is 9.59 Å². The van der Waals surface area contributed by atoms with Crippen molar-refractivity contribution in [2.45, 2.75) is 20.3 Å². The lowest BCUT2D eigenvalue weighted by Gasteiger charge is -2.34. The van der Waals surface area contributed by atoms with Crippen LogP contribution in [0.3, 0.4) is 0 Å². The Balaban J connectivity index is 1.87. The van der Waals surface area contributed by atoms with Crippen LogP contribution in [-0.2, 0) is 4.79 Å². The van der Waals surface area contributed by atoms with Gasteiger partial charge in [0.2, 0.25) is 5.91 Å². The van der Waals surface area contributed by atoms with Crippen LogP contribution in [0.2, 0.25) is 0 Å². The second-order valence-corrected chi connectivity index (χ2v) is 6.34. The normalized spacial score (nSPS) is 22.1. The summed E-state index contributed by atoms with van der Waals surface area (Å²) in [6.07, 6.45) is 1.24. The molecule has 2 amide bonds. The van der Waals surface area contributed by atoms with E-state index >= 15 is 0 Å². The van der Waals surface area contributed by atoms with Gasteiger partial charge in [0.15, 0.2) is 0 Å². The van der Waals surface area contributed by atoms with Crippen LogP contribution in [0.5, 0.6) is 0 Å². The van der Waals surface area contributed by atoms with Crippen molar-refractivity contribution in [1.82, 2.24) is 10.2 Å². The molecule has 2 atom stereocenters. The zero-order valence-corrected chi connectivity index (χ0v) is 13.6. The molecule has 120 valence electrons. The smallest absolute Gasteiger partial charge is 0.251 e. The monoisotopic (exact) mass is 303 g/mol. The molecule has 2 N–H and O–H groups in total. The lowest BCUT2D eigenvalue weighted by Crippen LogP contribution is -2.42. The first kappa shape index (κ1) is 16.5. The molecule has 22 heavy (non-hydrogen) atoms. The summed E-state index contributed by atoms with van der Waals surface area (Å²) < 4.78 is 0. The van der Waals surface area contributed by atoms with Gasteiger partial charge in [0, 0.05) is 31.4 Å². The minimum Gasteiger partial charge on any atom is -0.355 e. The molecule has 5 nitrogen and oxygen atoms in total. The van der Waals surface area contributed by atoms with E-state index in [-0.39, 0.29) is 11.8 Å². The number of piperidine rings is 1. The number of anilines is 1. The van der Waals surface area contributed by atoms with E-state index in [2.05, 4.69) is 29.4 Å². The lowest BCUT2D eigenvalue weighted by atomic mass is 9.92. The molecule has 0 bridgehead atoms. The summed E-state index contributed by atoms with van der Waals surface area (Å²) in [6.45, 7) is 6.85. The molecule has 1 aliphatic rings. The summed E-state index contributed by atoms with van der Waals surface area (Å²) >= 11 is 0. The van der Waals surface area contributed by atoms with Crippen LogP contribution in [0.1, 0.15) is 30.6 Å². The zero-order valence-electron chi connectivity index (χ0n) is 13.6. The van der Waals surface area contributed by atoms with Gasteiger partial charge in [0.1, 0.15) is 0 Å². The highest BCUT2D eigenvalue weighted by atomic mass is 16.2. The molecule has 0 aromatic heterocycles. The summed E-state index contributed by atoms with van der Waals surface area (Å²) in [7, 11) is 1.60. The number of benzene rings is 1. The Hall–Kier alpha value is -1.88. The molecule has 1 aliphatic heterocycles. The average Bonchev–Trinajstić information content (AvgIpc) is 2.46. The quantitative estimate of drug-likeness (QED) is 0.894. The first-order valence-electron chi connectivity index (χ1n) is 7.82. The maximum Gasteiger partial charge on any atom is 0.251 e. The third kappa shape index (κ3) is 4.56. The third-order valence-electron chi connectivity index (χ3n) is 3.97. The van der Waals surface area contributed by atoms with Crippen LogP contribution in [-0.4, -0.2) is 43.4 Å². The van der Waals surface area contributed by atoms with Crippen LogP contribution in [0.25, 0.3) is 0 Å². The number of nitrogens with one attached hydrogen (secondary N) is 2. The molecule has 1 aromatic rings. The number of hydrogen-bond donors (Lipinski definition) is 2. The van der Waals surface area contributed by atoms with E-state index in [1.54, 1.807) is 31.3 Å². The van der Waals surface area contributed by atoms with E-state index in [0.717, 1.165) is 18.8 Å². The minimum atomic E-state index is -0.130. The number of amides is 2. The maximum atomic E-state index is 12.1. The molecule has 0 spiro atoms. The Kier molecular flexibility index (Phi) is 5.55. The van der Waals surface area contributed by atoms with Gasteiger partial charge in [-0.05, 0) is 42.5 Å². The van der Waals surface area contributed by atoms with E-state index in [0.29, 0.717) is 23.9 Å². The summed E-state index contributed by atoms with van der Waals surface area (Å²) in [5.74, 6) is 1.15. The molecule has 0 radical (unpaired) electrons. The van der Waals surface area contributed by atoms with Crippen molar-refractivity contribution >= 4 is 17.5 Å². The highest BCUT2D eigenvalue weighted by Gasteiger charge is 2.23. The van der Waals surface area contributed by atoms with Crippen LogP contribution in [0, 0.1) is 11.8 Å². The Morgan fingerprint density at radius 3 is 2.27 bits per heavy atom. The number of rotatable bonds is 4. The Morgan fingerprint density at radius 2 is 1.73 bits per heavy atom. The first-order valence-corrected chi connectivity index (χ1v) is 7.82. The molecule has 1 saturated heterocycles. The fraction of sp³-hybridized carbons (Fsp3) is 0.529. The van der Waals surface area contributed by atoms with E-state index in [4.69, 9.17) is 0 Å². The molecule has 2 rings (SSSR count). The summed E-state index contributed by atoms with van der Waals surface area (Å²) in [6, 6.07) is 6.92. The van der Waals surface area contributed by atoms with Crippen molar-refractivity contribution in [3.05, 3.63) is 29.8 Å². The average molecular weight is 303 g/mol. The van der Waals surface area contributed by atoms with Crippen molar-refractivity contribution < 1.29 is 9.59 Å². The maximum absolute atomic E-state index is 12.1. The van der Waals surface area contributed by atoms with Crippen molar-refractivity contribution in [2.24, 2.45) is 11.8 Å². The predicted molar refractivity (Wildman–Crippen MR) is 87.8 cm³/mol. The Labute approximate surface area is 132 Å². The number of hydrogen-bond acceptors (Lipinski definition) is 3. The molecular weight excluding hydrogens is 278 g/mol. The van der Waals surface area contributed by atoms with E-state index < -0.39 is 0 Å². The summed E-state index contributed by atoms with van der Waals surface area (Å²) in [4.78, 5) is 25.8. The SMILES string of the molecule is CNC(=O)c1ccc(NC(=O)CN2CC(C)CC(C)C2)cc1. The standard InChI is InChI=1S/C17H25N3O2/c1-12-8-13(2)10-20(9-12)11-16(21)19-15-6-4-14(5-7-15)17(22)18-3/h4-7,12-13H,8-11H2,1-3H3,(H,18,22)(H,19,21). The second kappa shape index (κ2) is 7.40. The zero-order chi connectivity index (χ0) is 16.1. The summed E-state index contributed by atoms with van der Waals surface area (Å²) in [5, 5.41) is 5.46. The van der Waals surface area contributed by atoms with Crippen molar-refractivity contribution in [3.63, 3.8) is 0 Å².